The van der Waals surface area contributed by atoms with Crippen molar-refractivity contribution in [3.8, 4) is 0 Å². The average molecular weight is 328 g/mol. The van der Waals surface area contributed by atoms with Gasteiger partial charge in [-0.25, -0.2) is 0 Å². The molecule has 0 saturated carbocycles. The van der Waals surface area contributed by atoms with Crippen LogP contribution in [0.5, 0.6) is 0 Å². The maximum Gasteiger partial charge on any atom is 0.283 e. The van der Waals surface area contributed by atoms with Crippen LogP contribution in [0.2, 0.25) is 0 Å². The molecular weight excluding hydrogens is 298 g/mol. The molecular formula is C15H30B2O6. The van der Waals surface area contributed by atoms with E-state index in [-0.39, 0.29) is 24.4 Å². The highest BCUT2D eigenvalue weighted by Gasteiger charge is 2.12. The van der Waals surface area contributed by atoms with Crippen LogP contribution in [0.4, 0.5) is 0 Å². The lowest BCUT2D eigenvalue weighted by Gasteiger charge is -2.21. The first kappa shape index (κ1) is 22.9. The van der Waals surface area contributed by atoms with Crippen LogP contribution in [0, 0.1) is 0 Å². The average Bonchev–Trinajstić information content (AvgIpc) is 2.58. The molecule has 0 aliphatic heterocycles. The van der Waals surface area contributed by atoms with Crippen LogP contribution >= 0.6 is 0 Å². The Morgan fingerprint density at radius 2 is 1.22 bits per heavy atom. The number of hydrogen-bond donors (Lipinski definition) is 0. The van der Waals surface area contributed by atoms with Crippen LogP contribution < -0.4 is 0 Å². The van der Waals surface area contributed by atoms with Crippen LogP contribution in [0.15, 0.2) is 0 Å². The first-order chi connectivity index (χ1) is 11.0. The van der Waals surface area contributed by atoms with Crippen molar-refractivity contribution < 1.29 is 28.3 Å². The fourth-order valence-corrected chi connectivity index (χ4v) is 1.66. The van der Waals surface area contributed by atoms with E-state index in [1.165, 1.54) is 0 Å². The quantitative estimate of drug-likeness (QED) is 0.313. The van der Waals surface area contributed by atoms with Gasteiger partial charge >= 0.3 is 0 Å². The largest absolute Gasteiger partial charge is 0.443 e. The van der Waals surface area contributed by atoms with Crippen molar-refractivity contribution in [1.82, 2.24) is 0 Å². The highest BCUT2D eigenvalue weighted by Crippen LogP contribution is 2.08. The molecule has 3 unspecified atom stereocenters. The third kappa shape index (κ3) is 14.0. The Balaban J connectivity index is 3.97. The molecule has 6 nitrogen and oxygen atoms in total. The third-order valence-corrected chi connectivity index (χ3v) is 3.31. The number of rotatable bonds is 16. The highest BCUT2D eigenvalue weighted by atomic mass is 16.5. The first-order valence-corrected chi connectivity index (χ1v) is 8.04. The molecule has 0 aromatic carbocycles. The molecule has 0 aromatic rings. The van der Waals surface area contributed by atoms with Crippen LogP contribution in [0.3, 0.4) is 0 Å². The van der Waals surface area contributed by atoms with E-state index in [9.17, 15) is 0 Å². The van der Waals surface area contributed by atoms with Gasteiger partial charge in [-0.3, -0.25) is 0 Å². The van der Waals surface area contributed by atoms with E-state index in [2.05, 4.69) is 9.31 Å². The zero-order valence-electron chi connectivity index (χ0n) is 14.9. The highest BCUT2D eigenvalue weighted by molar-refractivity contribution is 5.98. The number of methoxy groups -OCH3 is 1. The van der Waals surface area contributed by atoms with E-state index >= 15 is 0 Å². The fourth-order valence-electron chi connectivity index (χ4n) is 1.66. The van der Waals surface area contributed by atoms with Gasteiger partial charge in [-0.05, 0) is 33.6 Å². The molecule has 0 aromatic heterocycles. The van der Waals surface area contributed by atoms with Crippen molar-refractivity contribution in [2.24, 2.45) is 0 Å². The van der Waals surface area contributed by atoms with Crippen molar-refractivity contribution in [3.05, 3.63) is 0 Å². The molecule has 0 fully saturated rings. The van der Waals surface area contributed by atoms with Gasteiger partial charge in [0, 0.05) is 20.3 Å². The second kappa shape index (κ2) is 15.4. The van der Waals surface area contributed by atoms with Crippen molar-refractivity contribution in [1.29, 1.82) is 0 Å². The SMILES string of the molecule is [B]OC(C)COCCC(CCOCC(C)O[B])OCC(C)OC. The van der Waals surface area contributed by atoms with Gasteiger partial charge in [0.2, 0.25) is 0 Å². The van der Waals surface area contributed by atoms with Crippen LogP contribution in [-0.4, -0.2) is 80.7 Å². The predicted molar refractivity (Wildman–Crippen MR) is 89.7 cm³/mol. The second-order valence-electron chi connectivity index (χ2n) is 5.62. The summed E-state index contributed by atoms with van der Waals surface area (Å²) >= 11 is 0. The second-order valence-corrected chi connectivity index (χ2v) is 5.62. The van der Waals surface area contributed by atoms with E-state index in [0.29, 0.717) is 33.0 Å². The van der Waals surface area contributed by atoms with E-state index in [1.807, 2.05) is 20.8 Å². The van der Waals surface area contributed by atoms with Gasteiger partial charge in [0.15, 0.2) is 0 Å². The Morgan fingerprint density at radius 3 is 1.61 bits per heavy atom. The number of hydrogen-bond acceptors (Lipinski definition) is 6. The van der Waals surface area contributed by atoms with E-state index in [0.717, 1.165) is 12.8 Å². The summed E-state index contributed by atoms with van der Waals surface area (Å²) in [6, 6.07) is 0. The fraction of sp³-hybridized carbons (Fsp3) is 1.00. The van der Waals surface area contributed by atoms with Gasteiger partial charge in [-0.2, -0.15) is 0 Å². The number of ether oxygens (including phenoxy) is 4. The lowest BCUT2D eigenvalue weighted by atomic mass is 10.2. The van der Waals surface area contributed by atoms with E-state index in [4.69, 9.17) is 35.0 Å². The molecule has 0 bridgehead atoms. The maximum absolute atomic E-state index is 5.86. The summed E-state index contributed by atoms with van der Waals surface area (Å²) < 4.78 is 31.4. The van der Waals surface area contributed by atoms with Gasteiger partial charge in [0.1, 0.15) is 0 Å². The molecule has 8 heteroatoms. The summed E-state index contributed by atoms with van der Waals surface area (Å²) in [5.74, 6) is 0. The monoisotopic (exact) mass is 328 g/mol. The minimum Gasteiger partial charge on any atom is -0.443 e. The van der Waals surface area contributed by atoms with Gasteiger partial charge in [-0.15, -0.1) is 0 Å². The Morgan fingerprint density at radius 1 is 0.739 bits per heavy atom. The predicted octanol–water partition coefficient (Wildman–Crippen LogP) is 1.20. The van der Waals surface area contributed by atoms with Crippen LogP contribution in [0.25, 0.3) is 0 Å². The standard InChI is InChI=1S/C15H30B2O6/c1-12(18-4)11-21-15(5-7-19-9-13(2)22-16)6-8-20-10-14(3)23-17/h12-15H,5-11H2,1-4H3. The molecule has 4 radical (unpaired) electrons. The molecule has 0 spiro atoms. The van der Waals surface area contributed by atoms with Gasteiger partial charge in [0.05, 0.1) is 44.2 Å². The molecule has 0 amide bonds. The lowest BCUT2D eigenvalue weighted by molar-refractivity contribution is -0.0489. The minimum atomic E-state index is -0.121. The zero-order chi connectivity index (χ0) is 17.5. The third-order valence-electron chi connectivity index (χ3n) is 3.31. The molecule has 3 atom stereocenters. The summed E-state index contributed by atoms with van der Waals surface area (Å²) in [7, 11) is 11.8. The molecule has 23 heavy (non-hydrogen) atoms. The van der Waals surface area contributed by atoms with Crippen LogP contribution in [0.1, 0.15) is 33.6 Å². The Bertz CT molecular complexity index is 242. The zero-order valence-corrected chi connectivity index (χ0v) is 14.9. The van der Waals surface area contributed by atoms with Gasteiger partial charge in [0.25, 0.3) is 16.1 Å². The summed E-state index contributed by atoms with van der Waals surface area (Å²) in [6.07, 6.45) is 1.37. The Labute approximate surface area is 143 Å². The smallest absolute Gasteiger partial charge is 0.283 e. The molecule has 0 heterocycles. The Kier molecular flexibility index (Phi) is 15.3. The minimum absolute atomic E-state index is 0.0378. The molecule has 0 N–H and O–H groups in total. The van der Waals surface area contributed by atoms with Gasteiger partial charge < -0.3 is 28.3 Å². The molecule has 0 aliphatic rings. The molecule has 0 saturated heterocycles. The van der Waals surface area contributed by atoms with Crippen molar-refractivity contribution in [2.45, 2.75) is 58.0 Å². The summed E-state index contributed by atoms with van der Waals surface area (Å²) in [4.78, 5) is 0. The van der Waals surface area contributed by atoms with Crippen LogP contribution in [-0.2, 0) is 28.3 Å². The maximum atomic E-state index is 5.86. The van der Waals surface area contributed by atoms with Crippen molar-refractivity contribution in [2.75, 3.05) is 40.1 Å². The summed E-state index contributed by atoms with van der Waals surface area (Å²) in [5, 5.41) is 0. The van der Waals surface area contributed by atoms with Crippen molar-refractivity contribution >= 4 is 16.1 Å². The van der Waals surface area contributed by atoms with Gasteiger partial charge in [-0.1, -0.05) is 0 Å². The van der Waals surface area contributed by atoms with Crippen molar-refractivity contribution in [3.63, 3.8) is 0 Å². The molecule has 0 aliphatic carbocycles. The normalized spacial score (nSPS) is 16.9. The lowest BCUT2D eigenvalue weighted by Crippen LogP contribution is -2.25. The summed E-state index contributed by atoms with van der Waals surface area (Å²) in [5.41, 5.74) is 0. The Hall–Kier alpha value is -0.110. The topological polar surface area (TPSA) is 55.4 Å². The molecule has 132 valence electrons. The first-order valence-electron chi connectivity index (χ1n) is 8.04. The van der Waals surface area contributed by atoms with E-state index in [1.54, 1.807) is 7.11 Å². The molecule has 0 rings (SSSR count). The summed E-state index contributed by atoms with van der Waals surface area (Å²) in [6.45, 7) is 8.26. The van der Waals surface area contributed by atoms with E-state index < -0.39 is 0 Å².